The SMILES string of the molecule is COc1ccc(CC(=O)NCC(C)(C(=O)O)c2ccccc2)cc1. The average molecular weight is 327 g/mol. The van der Waals surface area contributed by atoms with Crippen molar-refractivity contribution in [1.82, 2.24) is 5.32 Å². The van der Waals surface area contributed by atoms with E-state index in [9.17, 15) is 14.7 Å². The molecule has 0 saturated heterocycles. The van der Waals surface area contributed by atoms with E-state index in [1.54, 1.807) is 50.4 Å². The highest BCUT2D eigenvalue weighted by molar-refractivity contribution is 5.84. The molecule has 5 heteroatoms. The van der Waals surface area contributed by atoms with Gasteiger partial charge in [0.25, 0.3) is 0 Å². The lowest BCUT2D eigenvalue weighted by Crippen LogP contribution is -2.44. The molecule has 24 heavy (non-hydrogen) atoms. The number of amides is 1. The molecule has 0 bridgehead atoms. The second-order valence-electron chi connectivity index (χ2n) is 5.80. The third kappa shape index (κ3) is 4.13. The molecule has 5 nitrogen and oxygen atoms in total. The number of rotatable bonds is 7. The van der Waals surface area contributed by atoms with Gasteiger partial charge in [-0.1, -0.05) is 42.5 Å². The fraction of sp³-hybridized carbons (Fsp3) is 0.263. The Morgan fingerprint density at radius 1 is 1.08 bits per heavy atom. The molecule has 0 heterocycles. The molecule has 2 aromatic carbocycles. The van der Waals surface area contributed by atoms with Crippen LogP contribution >= 0.6 is 0 Å². The lowest BCUT2D eigenvalue weighted by molar-refractivity contribution is -0.143. The van der Waals surface area contributed by atoms with Gasteiger partial charge in [-0.25, -0.2) is 0 Å². The largest absolute Gasteiger partial charge is 0.497 e. The van der Waals surface area contributed by atoms with Gasteiger partial charge in [-0.15, -0.1) is 0 Å². The van der Waals surface area contributed by atoms with Gasteiger partial charge in [-0.3, -0.25) is 9.59 Å². The first-order valence-corrected chi connectivity index (χ1v) is 7.64. The minimum absolute atomic E-state index is 0.0291. The number of benzene rings is 2. The highest BCUT2D eigenvalue weighted by Gasteiger charge is 2.35. The van der Waals surface area contributed by atoms with Crippen molar-refractivity contribution in [2.24, 2.45) is 0 Å². The Morgan fingerprint density at radius 3 is 2.25 bits per heavy atom. The van der Waals surface area contributed by atoms with E-state index in [-0.39, 0.29) is 18.9 Å². The summed E-state index contributed by atoms with van der Waals surface area (Å²) < 4.78 is 5.08. The monoisotopic (exact) mass is 327 g/mol. The van der Waals surface area contributed by atoms with Crippen LogP contribution in [-0.4, -0.2) is 30.6 Å². The van der Waals surface area contributed by atoms with Crippen LogP contribution in [-0.2, 0) is 21.4 Å². The van der Waals surface area contributed by atoms with Crippen molar-refractivity contribution in [2.45, 2.75) is 18.8 Å². The number of aliphatic carboxylic acids is 1. The molecular formula is C19H21NO4. The molecule has 0 aromatic heterocycles. The molecule has 2 rings (SSSR count). The molecule has 0 spiro atoms. The van der Waals surface area contributed by atoms with E-state index in [1.807, 2.05) is 18.2 Å². The lowest BCUT2D eigenvalue weighted by Gasteiger charge is -2.25. The number of carbonyl (C=O) groups is 2. The molecule has 2 aromatic rings. The normalized spacial score (nSPS) is 12.9. The van der Waals surface area contributed by atoms with E-state index in [4.69, 9.17) is 4.74 Å². The topological polar surface area (TPSA) is 75.6 Å². The maximum atomic E-state index is 12.1. The van der Waals surface area contributed by atoms with Gasteiger partial charge >= 0.3 is 5.97 Å². The number of hydrogen-bond acceptors (Lipinski definition) is 3. The zero-order valence-corrected chi connectivity index (χ0v) is 13.8. The van der Waals surface area contributed by atoms with Gasteiger partial charge in [0.15, 0.2) is 0 Å². The van der Waals surface area contributed by atoms with Gasteiger partial charge in [0, 0.05) is 6.54 Å². The van der Waals surface area contributed by atoms with E-state index in [0.717, 1.165) is 11.3 Å². The summed E-state index contributed by atoms with van der Waals surface area (Å²) in [6.45, 7) is 1.64. The molecule has 0 radical (unpaired) electrons. The Kier molecular flexibility index (Phi) is 5.58. The molecular weight excluding hydrogens is 306 g/mol. The fourth-order valence-corrected chi connectivity index (χ4v) is 2.37. The molecule has 2 N–H and O–H groups in total. The van der Waals surface area contributed by atoms with Crippen LogP contribution in [0.2, 0.25) is 0 Å². The molecule has 0 fully saturated rings. The van der Waals surface area contributed by atoms with Crippen molar-refractivity contribution in [3.8, 4) is 5.75 Å². The Hall–Kier alpha value is -2.82. The molecule has 0 saturated carbocycles. The summed E-state index contributed by atoms with van der Waals surface area (Å²) in [4.78, 5) is 23.8. The molecule has 0 aliphatic rings. The third-order valence-electron chi connectivity index (χ3n) is 4.05. The summed E-state index contributed by atoms with van der Waals surface area (Å²) in [6.07, 6.45) is 0.189. The van der Waals surface area contributed by atoms with Gasteiger partial charge in [-0.05, 0) is 30.2 Å². The van der Waals surface area contributed by atoms with Gasteiger partial charge in [-0.2, -0.15) is 0 Å². The van der Waals surface area contributed by atoms with Crippen molar-refractivity contribution in [3.05, 3.63) is 65.7 Å². The zero-order valence-electron chi connectivity index (χ0n) is 13.8. The second kappa shape index (κ2) is 7.64. The van der Waals surface area contributed by atoms with Gasteiger partial charge in [0.1, 0.15) is 11.2 Å². The van der Waals surface area contributed by atoms with E-state index >= 15 is 0 Å². The van der Waals surface area contributed by atoms with Crippen molar-refractivity contribution >= 4 is 11.9 Å². The number of hydrogen-bond donors (Lipinski definition) is 2. The van der Waals surface area contributed by atoms with Crippen LogP contribution in [0.25, 0.3) is 0 Å². The van der Waals surface area contributed by atoms with Crippen molar-refractivity contribution < 1.29 is 19.4 Å². The number of carboxylic acid groups (broad SMARTS) is 1. The summed E-state index contributed by atoms with van der Waals surface area (Å²) in [5.41, 5.74) is 0.323. The first-order chi connectivity index (χ1) is 11.5. The van der Waals surface area contributed by atoms with Crippen LogP contribution in [0.4, 0.5) is 0 Å². The van der Waals surface area contributed by atoms with Crippen molar-refractivity contribution in [1.29, 1.82) is 0 Å². The van der Waals surface area contributed by atoms with E-state index in [1.165, 1.54) is 0 Å². The maximum Gasteiger partial charge on any atom is 0.315 e. The van der Waals surface area contributed by atoms with Crippen LogP contribution < -0.4 is 10.1 Å². The van der Waals surface area contributed by atoms with Crippen LogP contribution in [0.15, 0.2) is 54.6 Å². The van der Waals surface area contributed by atoms with Gasteiger partial charge in [0.05, 0.1) is 13.5 Å². The Morgan fingerprint density at radius 2 is 1.71 bits per heavy atom. The quantitative estimate of drug-likeness (QED) is 0.819. The molecule has 1 atom stereocenters. The number of carbonyl (C=O) groups excluding carboxylic acids is 1. The predicted molar refractivity (Wildman–Crippen MR) is 91.1 cm³/mol. The Bertz CT molecular complexity index is 697. The number of ether oxygens (including phenoxy) is 1. The van der Waals surface area contributed by atoms with Crippen LogP contribution in [0.1, 0.15) is 18.1 Å². The lowest BCUT2D eigenvalue weighted by atomic mass is 9.82. The van der Waals surface area contributed by atoms with E-state index < -0.39 is 11.4 Å². The van der Waals surface area contributed by atoms with Crippen LogP contribution in [0.3, 0.4) is 0 Å². The molecule has 0 aliphatic carbocycles. The van der Waals surface area contributed by atoms with Crippen LogP contribution in [0, 0.1) is 0 Å². The minimum Gasteiger partial charge on any atom is -0.497 e. The van der Waals surface area contributed by atoms with E-state index in [0.29, 0.717) is 5.56 Å². The summed E-state index contributed by atoms with van der Waals surface area (Å²) in [5.74, 6) is -0.469. The number of methoxy groups -OCH3 is 1. The number of carboxylic acids is 1. The zero-order chi connectivity index (χ0) is 17.6. The minimum atomic E-state index is -1.17. The summed E-state index contributed by atoms with van der Waals surface area (Å²) >= 11 is 0. The molecule has 126 valence electrons. The Balaban J connectivity index is 2.01. The Labute approximate surface area is 141 Å². The standard InChI is InChI=1S/C19H21NO4/c1-19(18(22)23,15-6-4-3-5-7-15)13-20-17(21)12-14-8-10-16(24-2)11-9-14/h3-11H,12-13H2,1-2H3,(H,20,21)(H,22,23). The highest BCUT2D eigenvalue weighted by Crippen LogP contribution is 2.23. The third-order valence-corrected chi connectivity index (χ3v) is 4.05. The van der Waals surface area contributed by atoms with Gasteiger partial charge in [0.2, 0.25) is 5.91 Å². The second-order valence-corrected chi connectivity index (χ2v) is 5.80. The predicted octanol–water partition coefficient (Wildman–Crippen LogP) is 2.40. The summed E-state index contributed by atoms with van der Waals surface area (Å²) in [5, 5.41) is 12.3. The fourth-order valence-electron chi connectivity index (χ4n) is 2.37. The molecule has 1 unspecified atom stereocenters. The number of nitrogens with one attached hydrogen (secondary N) is 1. The highest BCUT2D eigenvalue weighted by atomic mass is 16.5. The maximum absolute atomic E-state index is 12.1. The molecule has 1 amide bonds. The first kappa shape index (κ1) is 17.5. The van der Waals surface area contributed by atoms with Crippen molar-refractivity contribution in [2.75, 3.05) is 13.7 Å². The van der Waals surface area contributed by atoms with E-state index in [2.05, 4.69) is 5.32 Å². The van der Waals surface area contributed by atoms with Crippen LogP contribution in [0.5, 0.6) is 5.75 Å². The summed E-state index contributed by atoms with van der Waals surface area (Å²) in [6, 6.07) is 16.1. The average Bonchev–Trinajstić information content (AvgIpc) is 2.61. The van der Waals surface area contributed by atoms with Crippen molar-refractivity contribution in [3.63, 3.8) is 0 Å². The smallest absolute Gasteiger partial charge is 0.315 e. The summed E-state index contributed by atoms with van der Waals surface area (Å²) in [7, 11) is 1.58. The molecule has 0 aliphatic heterocycles. The first-order valence-electron chi connectivity index (χ1n) is 7.64. The van der Waals surface area contributed by atoms with Gasteiger partial charge < -0.3 is 15.2 Å².